The van der Waals surface area contributed by atoms with Crippen LogP contribution in [-0.4, -0.2) is 57.4 Å². The first-order valence-corrected chi connectivity index (χ1v) is 11.1. The third-order valence-corrected chi connectivity index (χ3v) is 5.69. The minimum absolute atomic E-state index is 0.105. The number of alkyl halides is 3. The van der Waals surface area contributed by atoms with Crippen LogP contribution >= 0.6 is 0 Å². The SMILES string of the molecule is O=C(OCC1OCCC(OC(=O)c2ccccc2)C1OS(=O)(=O)C(F)(F)F)c1ccccc1. The monoisotopic (exact) mass is 488 g/mol. The lowest BCUT2D eigenvalue weighted by molar-refractivity contribution is -0.146. The fourth-order valence-corrected chi connectivity index (χ4v) is 3.67. The molecule has 12 heteroatoms. The number of esters is 2. The molecule has 8 nitrogen and oxygen atoms in total. The summed E-state index contributed by atoms with van der Waals surface area (Å²) in [7, 11) is -6.07. The number of ether oxygens (including phenoxy) is 3. The van der Waals surface area contributed by atoms with Crippen LogP contribution in [0.2, 0.25) is 0 Å². The largest absolute Gasteiger partial charge is 0.523 e. The van der Waals surface area contributed by atoms with E-state index in [1.165, 1.54) is 24.3 Å². The van der Waals surface area contributed by atoms with Crippen molar-refractivity contribution in [1.29, 1.82) is 0 Å². The lowest BCUT2D eigenvalue weighted by Gasteiger charge is -2.36. The maximum Gasteiger partial charge on any atom is 0.523 e. The van der Waals surface area contributed by atoms with Crippen molar-refractivity contribution in [2.75, 3.05) is 13.2 Å². The van der Waals surface area contributed by atoms with Gasteiger partial charge < -0.3 is 14.2 Å². The number of benzene rings is 2. The Kier molecular flexibility index (Phi) is 7.72. The van der Waals surface area contributed by atoms with Crippen LogP contribution in [0.5, 0.6) is 0 Å². The number of hydrogen-bond donors (Lipinski definition) is 0. The maximum absolute atomic E-state index is 13.0. The lowest BCUT2D eigenvalue weighted by Crippen LogP contribution is -2.52. The summed E-state index contributed by atoms with van der Waals surface area (Å²) in [6.45, 7) is -0.739. The summed E-state index contributed by atoms with van der Waals surface area (Å²) >= 11 is 0. The van der Waals surface area contributed by atoms with Crippen molar-refractivity contribution in [3.8, 4) is 0 Å². The quantitative estimate of drug-likeness (QED) is 0.333. The van der Waals surface area contributed by atoms with E-state index in [1.807, 2.05) is 0 Å². The van der Waals surface area contributed by atoms with E-state index >= 15 is 0 Å². The van der Waals surface area contributed by atoms with Crippen LogP contribution in [0.3, 0.4) is 0 Å². The second-order valence-electron chi connectivity index (χ2n) is 6.93. The summed E-state index contributed by atoms with van der Waals surface area (Å²) in [4.78, 5) is 24.6. The van der Waals surface area contributed by atoms with Crippen molar-refractivity contribution < 1.29 is 49.6 Å². The number of carbonyl (C=O) groups excluding carboxylic acids is 2. The fraction of sp³-hybridized carbons (Fsp3) is 0.333. The predicted octanol–water partition coefficient (Wildman–Crippen LogP) is 3.09. The summed E-state index contributed by atoms with van der Waals surface area (Å²) in [5, 5.41) is 0. The van der Waals surface area contributed by atoms with E-state index < -0.39 is 52.5 Å². The minimum Gasteiger partial charge on any atom is -0.459 e. The third kappa shape index (κ3) is 6.30. The Morgan fingerprint density at radius 3 is 2.03 bits per heavy atom. The molecule has 0 spiro atoms. The molecular formula is C21H19F3O8S. The maximum atomic E-state index is 13.0. The highest BCUT2D eigenvalue weighted by Crippen LogP contribution is 2.31. The van der Waals surface area contributed by atoms with Crippen LogP contribution in [0.25, 0.3) is 0 Å². The second kappa shape index (κ2) is 10.3. The molecule has 2 aromatic rings. The number of rotatable bonds is 7. The molecule has 33 heavy (non-hydrogen) atoms. The Hall–Kier alpha value is -2.96. The third-order valence-electron chi connectivity index (χ3n) is 4.64. The minimum atomic E-state index is -6.07. The summed E-state index contributed by atoms with van der Waals surface area (Å²) in [6.07, 6.45) is -4.90. The first-order chi connectivity index (χ1) is 15.6. The van der Waals surface area contributed by atoms with Crippen molar-refractivity contribution in [1.82, 2.24) is 0 Å². The normalized spacial score (nSPS) is 21.2. The van der Waals surface area contributed by atoms with Gasteiger partial charge in [-0.05, 0) is 24.3 Å². The molecular weight excluding hydrogens is 469 g/mol. The van der Waals surface area contributed by atoms with E-state index in [1.54, 1.807) is 36.4 Å². The van der Waals surface area contributed by atoms with Gasteiger partial charge in [-0.2, -0.15) is 21.6 Å². The number of hydrogen-bond acceptors (Lipinski definition) is 8. The topological polar surface area (TPSA) is 105 Å². The molecule has 0 radical (unpaired) electrons. The Balaban J connectivity index is 1.79. The van der Waals surface area contributed by atoms with E-state index in [9.17, 15) is 31.2 Å². The zero-order valence-corrected chi connectivity index (χ0v) is 17.8. The zero-order chi connectivity index (χ0) is 24.1. The van der Waals surface area contributed by atoms with Gasteiger partial charge in [0, 0.05) is 6.42 Å². The van der Waals surface area contributed by atoms with E-state index in [2.05, 4.69) is 4.18 Å². The Bertz CT molecular complexity index is 1060. The second-order valence-corrected chi connectivity index (χ2v) is 8.50. The standard InChI is InChI=1S/C21H19F3O8S/c22-21(23,24)33(27,28)32-18-16(31-20(26)15-9-5-2-6-10-15)11-12-29-17(18)13-30-19(25)14-7-3-1-4-8-14/h1-10,16-18H,11-13H2. The summed E-state index contributed by atoms with van der Waals surface area (Å²) in [5.74, 6) is -1.69. The highest BCUT2D eigenvalue weighted by Gasteiger charge is 2.52. The van der Waals surface area contributed by atoms with Crippen molar-refractivity contribution in [2.45, 2.75) is 30.2 Å². The number of halogens is 3. The van der Waals surface area contributed by atoms with E-state index in [0.29, 0.717) is 0 Å². The molecule has 0 saturated carbocycles. The first-order valence-electron chi connectivity index (χ1n) is 9.68. The van der Waals surface area contributed by atoms with Gasteiger partial charge in [-0.25, -0.2) is 9.59 Å². The Morgan fingerprint density at radius 1 is 0.939 bits per heavy atom. The molecule has 0 N–H and O–H groups in total. The van der Waals surface area contributed by atoms with Gasteiger partial charge in [-0.1, -0.05) is 36.4 Å². The molecule has 2 aromatic carbocycles. The molecule has 0 aromatic heterocycles. The van der Waals surface area contributed by atoms with Crippen molar-refractivity contribution in [3.05, 3.63) is 71.8 Å². The number of carbonyl (C=O) groups is 2. The van der Waals surface area contributed by atoms with Crippen LogP contribution in [0, 0.1) is 0 Å². The average molecular weight is 488 g/mol. The average Bonchev–Trinajstić information content (AvgIpc) is 2.79. The van der Waals surface area contributed by atoms with Crippen molar-refractivity contribution >= 4 is 22.1 Å². The molecule has 3 unspecified atom stereocenters. The van der Waals surface area contributed by atoms with Gasteiger partial charge in [-0.3, -0.25) is 4.18 Å². The van der Waals surface area contributed by atoms with Gasteiger partial charge in [0.2, 0.25) is 0 Å². The summed E-state index contributed by atoms with van der Waals surface area (Å²) in [5.41, 5.74) is -5.45. The first kappa shape index (κ1) is 24.7. The molecule has 3 atom stereocenters. The van der Waals surface area contributed by atoms with Gasteiger partial charge in [0.05, 0.1) is 17.7 Å². The van der Waals surface area contributed by atoms with E-state index in [0.717, 1.165) is 0 Å². The van der Waals surface area contributed by atoms with Gasteiger partial charge >= 0.3 is 27.6 Å². The van der Waals surface area contributed by atoms with Gasteiger partial charge in [0.1, 0.15) is 24.9 Å². The molecule has 0 aliphatic carbocycles. The Morgan fingerprint density at radius 2 is 1.48 bits per heavy atom. The lowest BCUT2D eigenvalue weighted by atomic mass is 10.0. The van der Waals surface area contributed by atoms with Crippen LogP contribution in [0.15, 0.2) is 60.7 Å². The molecule has 1 aliphatic heterocycles. The molecule has 1 saturated heterocycles. The highest BCUT2D eigenvalue weighted by molar-refractivity contribution is 7.87. The Labute approximate surface area is 187 Å². The predicted molar refractivity (Wildman–Crippen MR) is 107 cm³/mol. The van der Waals surface area contributed by atoms with E-state index in [4.69, 9.17) is 14.2 Å². The molecule has 1 aliphatic rings. The molecule has 1 heterocycles. The smallest absolute Gasteiger partial charge is 0.459 e. The van der Waals surface area contributed by atoms with Crippen LogP contribution < -0.4 is 0 Å². The summed E-state index contributed by atoms with van der Waals surface area (Å²) in [6, 6.07) is 15.3. The molecule has 3 rings (SSSR count). The molecule has 1 fully saturated rings. The molecule has 0 amide bonds. The molecule has 0 bridgehead atoms. The molecule has 178 valence electrons. The van der Waals surface area contributed by atoms with Gasteiger partial charge in [-0.15, -0.1) is 0 Å². The van der Waals surface area contributed by atoms with Crippen molar-refractivity contribution in [2.24, 2.45) is 0 Å². The van der Waals surface area contributed by atoms with Crippen molar-refractivity contribution in [3.63, 3.8) is 0 Å². The zero-order valence-electron chi connectivity index (χ0n) is 16.9. The van der Waals surface area contributed by atoms with E-state index in [-0.39, 0.29) is 24.2 Å². The fourth-order valence-electron chi connectivity index (χ4n) is 3.02. The van der Waals surface area contributed by atoms with Crippen LogP contribution in [0.4, 0.5) is 13.2 Å². The van der Waals surface area contributed by atoms with Crippen LogP contribution in [-0.2, 0) is 28.5 Å². The van der Waals surface area contributed by atoms with Gasteiger partial charge in [0.15, 0.2) is 0 Å². The highest BCUT2D eigenvalue weighted by atomic mass is 32.2. The van der Waals surface area contributed by atoms with Crippen LogP contribution in [0.1, 0.15) is 27.1 Å². The van der Waals surface area contributed by atoms with Gasteiger partial charge in [0.25, 0.3) is 0 Å². The summed E-state index contributed by atoms with van der Waals surface area (Å²) < 4.78 is 82.3.